The van der Waals surface area contributed by atoms with E-state index in [1.54, 1.807) is 12.3 Å². The molecule has 208 valence electrons. The highest BCUT2D eigenvalue weighted by molar-refractivity contribution is 7.15. The van der Waals surface area contributed by atoms with Gasteiger partial charge in [0.2, 0.25) is 5.91 Å². The molecule has 1 amide bonds. The lowest BCUT2D eigenvalue weighted by Gasteiger charge is -2.27. The standard InChI is InChI=1S/C27H27Cl3F2N4O2S/c28-20-3-1-2-15(23(20)30)13-36(17-4-5-17)26(37)16(11-33)10-19-12-34-27(39-19)35-9-8-18(14-35)38-25-22(31)7-6-21(29)24(25)32/h1-3,6-7,12,16-18H,4-5,8-11,13-14,33H2/t16-,18+/m0/s1. The zero-order valence-corrected chi connectivity index (χ0v) is 24.0. The average Bonchev–Trinajstić information content (AvgIpc) is 3.47. The maximum absolute atomic E-state index is 14.3. The predicted molar refractivity (Wildman–Crippen MR) is 151 cm³/mol. The van der Waals surface area contributed by atoms with Crippen LogP contribution in [-0.2, 0) is 17.8 Å². The van der Waals surface area contributed by atoms with Gasteiger partial charge in [0, 0.05) is 43.2 Å². The van der Waals surface area contributed by atoms with Crippen molar-refractivity contribution in [2.75, 3.05) is 24.5 Å². The highest BCUT2D eigenvalue weighted by atomic mass is 35.5. The molecule has 3 aromatic rings. The number of halogens is 5. The van der Waals surface area contributed by atoms with Crippen molar-refractivity contribution in [2.24, 2.45) is 11.7 Å². The van der Waals surface area contributed by atoms with E-state index in [0.29, 0.717) is 42.5 Å². The minimum atomic E-state index is -0.901. The Morgan fingerprint density at radius 3 is 2.72 bits per heavy atom. The SMILES string of the molecule is NC[C@H](Cc1cnc(N2CC[C@@H](Oc3c(F)ccc(Cl)c3F)C2)s1)C(=O)N(Cc1cccc(Cl)c1Cl)C1CC1. The zero-order valence-electron chi connectivity index (χ0n) is 20.9. The van der Waals surface area contributed by atoms with Crippen molar-refractivity contribution in [3.8, 4) is 5.75 Å². The van der Waals surface area contributed by atoms with E-state index in [4.69, 9.17) is 45.3 Å². The molecule has 0 unspecified atom stereocenters. The highest BCUT2D eigenvalue weighted by Crippen LogP contribution is 2.35. The Kier molecular flexibility index (Phi) is 8.83. The van der Waals surface area contributed by atoms with Gasteiger partial charge in [-0.25, -0.2) is 13.8 Å². The number of hydrogen-bond acceptors (Lipinski definition) is 6. The summed E-state index contributed by atoms with van der Waals surface area (Å²) in [5, 5.41) is 1.49. The molecule has 1 saturated heterocycles. The van der Waals surface area contributed by atoms with Crippen LogP contribution in [0.2, 0.25) is 15.1 Å². The van der Waals surface area contributed by atoms with Gasteiger partial charge in [0.1, 0.15) is 6.10 Å². The number of thiazole rings is 1. The van der Waals surface area contributed by atoms with Crippen LogP contribution in [-0.4, -0.2) is 47.6 Å². The first kappa shape index (κ1) is 28.4. The van der Waals surface area contributed by atoms with Crippen molar-refractivity contribution < 1.29 is 18.3 Å². The summed E-state index contributed by atoms with van der Waals surface area (Å²) in [6.07, 6.45) is 4.29. The summed E-state index contributed by atoms with van der Waals surface area (Å²) in [7, 11) is 0. The first-order valence-corrected chi connectivity index (χ1v) is 14.6. The van der Waals surface area contributed by atoms with Crippen LogP contribution >= 0.6 is 46.1 Å². The van der Waals surface area contributed by atoms with Crippen LogP contribution < -0.4 is 15.4 Å². The number of aromatic nitrogens is 1. The Balaban J connectivity index is 1.22. The van der Waals surface area contributed by atoms with Crippen LogP contribution in [0.15, 0.2) is 36.5 Å². The molecule has 1 aromatic heterocycles. The van der Waals surface area contributed by atoms with Crippen LogP contribution in [0.5, 0.6) is 5.75 Å². The number of anilines is 1. The van der Waals surface area contributed by atoms with Gasteiger partial charge in [0.05, 0.1) is 27.5 Å². The number of nitrogens with two attached hydrogens (primary N) is 1. The fraction of sp³-hybridized carbons (Fsp3) is 0.407. The molecule has 39 heavy (non-hydrogen) atoms. The quantitative estimate of drug-likeness (QED) is 0.269. The molecule has 2 fully saturated rings. The highest BCUT2D eigenvalue weighted by Gasteiger charge is 2.36. The van der Waals surface area contributed by atoms with E-state index in [9.17, 15) is 13.6 Å². The summed E-state index contributed by atoms with van der Waals surface area (Å²) < 4.78 is 34.0. The van der Waals surface area contributed by atoms with E-state index in [0.717, 1.165) is 40.5 Å². The van der Waals surface area contributed by atoms with Gasteiger partial charge in [0.15, 0.2) is 22.5 Å². The molecule has 2 aliphatic rings. The lowest BCUT2D eigenvalue weighted by atomic mass is 10.0. The van der Waals surface area contributed by atoms with Crippen LogP contribution in [0.25, 0.3) is 0 Å². The molecular weight excluding hydrogens is 589 g/mol. The van der Waals surface area contributed by atoms with Gasteiger partial charge in [-0.3, -0.25) is 4.79 Å². The normalized spacial score (nSPS) is 17.9. The number of hydrogen-bond donors (Lipinski definition) is 1. The number of benzene rings is 2. The Labute approximate surface area is 244 Å². The number of ether oxygens (including phenoxy) is 1. The molecule has 2 heterocycles. The second-order valence-corrected chi connectivity index (χ2v) is 12.1. The van der Waals surface area contributed by atoms with Crippen LogP contribution in [0.4, 0.5) is 13.9 Å². The van der Waals surface area contributed by atoms with E-state index < -0.39 is 29.4 Å². The Bertz CT molecular complexity index is 1360. The predicted octanol–water partition coefficient (Wildman–Crippen LogP) is 6.35. The summed E-state index contributed by atoms with van der Waals surface area (Å²) in [6, 6.07) is 7.86. The van der Waals surface area contributed by atoms with Gasteiger partial charge in [-0.2, -0.15) is 0 Å². The number of carbonyl (C=O) groups is 1. The topological polar surface area (TPSA) is 71.7 Å². The fourth-order valence-corrected chi connectivity index (χ4v) is 6.25. The van der Waals surface area contributed by atoms with Gasteiger partial charge >= 0.3 is 0 Å². The third-order valence-electron chi connectivity index (χ3n) is 6.97. The molecule has 2 atom stereocenters. The number of amides is 1. The van der Waals surface area contributed by atoms with Crippen LogP contribution in [0.3, 0.4) is 0 Å². The van der Waals surface area contributed by atoms with Gasteiger partial charge < -0.3 is 20.3 Å². The lowest BCUT2D eigenvalue weighted by Crippen LogP contribution is -2.41. The molecule has 5 rings (SSSR count). The first-order chi connectivity index (χ1) is 18.7. The molecule has 12 heteroatoms. The number of nitrogens with zero attached hydrogens (tertiary/aromatic N) is 3. The van der Waals surface area contributed by atoms with Crippen molar-refractivity contribution in [1.29, 1.82) is 0 Å². The minimum absolute atomic E-state index is 0.00814. The Morgan fingerprint density at radius 1 is 1.18 bits per heavy atom. The molecule has 0 radical (unpaired) electrons. The summed E-state index contributed by atoms with van der Waals surface area (Å²) in [5.74, 6) is -2.56. The monoisotopic (exact) mass is 614 g/mol. The summed E-state index contributed by atoms with van der Waals surface area (Å²) in [6.45, 7) is 1.63. The molecule has 1 aliphatic carbocycles. The maximum atomic E-state index is 14.3. The van der Waals surface area contributed by atoms with Crippen LogP contribution in [0.1, 0.15) is 29.7 Å². The molecule has 1 saturated carbocycles. The van der Waals surface area contributed by atoms with E-state index >= 15 is 0 Å². The Morgan fingerprint density at radius 2 is 1.97 bits per heavy atom. The summed E-state index contributed by atoms with van der Waals surface area (Å²) in [5.41, 5.74) is 6.88. The fourth-order valence-electron chi connectivity index (χ4n) is 4.70. The summed E-state index contributed by atoms with van der Waals surface area (Å²) in [4.78, 5) is 22.9. The van der Waals surface area contributed by atoms with E-state index in [1.807, 2.05) is 21.9 Å². The summed E-state index contributed by atoms with van der Waals surface area (Å²) >= 11 is 19.8. The lowest BCUT2D eigenvalue weighted by molar-refractivity contribution is -0.136. The van der Waals surface area contributed by atoms with Gasteiger partial charge in [-0.05, 0) is 43.0 Å². The van der Waals surface area contributed by atoms with Gasteiger partial charge in [0.25, 0.3) is 0 Å². The van der Waals surface area contributed by atoms with E-state index in [2.05, 4.69) is 4.98 Å². The van der Waals surface area contributed by atoms with Crippen molar-refractivity contribution in [3.05, 3.63) is 73.7 Å². The third kappa shape index (κ3) is 6.43. The Hall–Kier alpha value is -2.17. The number of carbonyl (C=O) groups excluding carboxylic acids is 1. The molecular formula is C27H27Cl3F2N4O2S. The van der Waals surface area contributed by atoms with Crippen molar-refractivity contribution in [3.63, 3.8) is 0 Å². The number of rotatable bonds is 10. The van der Waals surface area contributed by atoms with Crippen molar-refractivity contribution >= 4 is 57.2 Å². The molecule has 0 spiro atoms. The van der Waals surface area contributed by atoms with Crippen LogP contribution in [0, 0.1) is 17.6 Å². The van der Waals surface area contributed by atoms with E-state index in [-0.39, 0.29) is 23.5 Å². The van der Waals surface area contributed by atoms with Gasteiger partial charge in [-0.15, -0.1) is 11.3 Å². The molecule has 6 nitrogen and oxygen atoms in total. The maximum Gasteiger partial charge on any atom is 0.227 e. The second kappa shape index (κ2) is 12.1. The van der Waals surface area contributed by atoms with Crippen molar-refractivity contribution in [2.45, 2.75) is 44.4 Å². The third-order valence-corrected chi connectivity index (χ3v) is 9.20. The van der Waals surface area contributed by atoms with E-state index in [1.165, 1.54) is 11.3 Å². The molecule has 0 bridgehead atoms. The second-order valence-electron chi connectivity index (χ2n) is 9.80. The zero-order chi connectivity index (χ0) is 27.7. The minimum Gasteiger partial charge on any atom is -0.482 e. The first-order valence-electron chi connectivity index (χ1n) is 12.7. The van der Waals surface area contributed by atoms with Gasteiger partial charge in [-0.1, -0.05) is 46.9 Å². The molecule has 1 aliphatic heterocycles. The molecule has 2 N–H and O–H groups in total. The smallest absolute Gasteiger partial charge is 0.227 e. The average molecular weight is 616 g/mol. The van der Waals surface area contributed by atoms with Crippen molar-refractivity contribution in [1.82, 2.24) is 9.88 Å². The molecule has 2 aromatic carbocycles. The largest absolute Gasteiger partial charge is 0.482 e.